The molecule has 0 bridgehead atoms. The van der Waals surface area contributed by atoms with Crippen LogP contribution in [0.1, 0.15) is 43.0 Å². The average Bonchev–Trinajstić information content (AvgIpc) is 3.32. The van der Waals surface area contributed by atoms with Crippen LogP contribution in [0.25, 0.3) is 11.8 Å². The number of aryl methyl sites for hydroxylation is 1. The molecule has 0 fully saturated rings. The van der Waals surface area contributed by atoms with Crippen LogP contribution >= 0.6 is 0 Å². The molecule has 1 amide bonds. The van der Waals surface area contributed by atoms with Crippen molar-refractivity contribution >= 4 is 17.8 Å². The fraction of sp³-hybridized carbons (Fsp3) is 0.345. The summed E-state index contributed by atoms with van der Waals surface area (Å²) in [5.74, 6) is 0.767. The van der Waals surface area contributed by atoms with Crippen molar-refractivity contribution in [1.29, 1.82) is 0 Å². The molecule has 37 heavy (non-hydrogen) atoms. The number of hydrogen-bond acceptors (Lipinski definition) is 5. The Bertz CT molecular complexity index is 1300. The number of halogens is 1. The number of amidine groups is 1. The van der Waals surface area contributed by atoms with E-state index >= 15 is 0 Å². The SMILES string of the molecule is COCCCCN1C(/C=C/c2ccc(-n3cnc(C)c3)c(OC)c2)=NC(=O)CC1(C)c1ccc(F)cc1. The Kier molecular flexibility index (Phi) is 8.18. The van der Waals surface area contributed by atoms with Crippen molar-refractivity contribution in [2.45, 2.75) is 38.6 Å². The lowest BCUT2D eigenvalue weighted by Gasteiger charge is -2.45. The van der Waals surface area contributed by atoms with Gasteiger partial charge in [0.2, 0.25) is 5.91 Å². The fourth-order valence-corrected chi connectivity index (χ4v) is 4.68. The van der Waals surface area contributed by atoms with Gasteiger partial charge in [-0.05, 0) is 68.2 Å². The van der Waals surface area contributed by atoms with Crippen molar-refractivity contribution in [2.75, 3.05) is 27.4 Å². The molecule has 1 atom stereocenters. The molecule has 2 aromatic carbocycles. The number of aromatic nitrogens is 2. The molecule has 0 N–H and O–H groups in total. The number of ether oxygens (including phenoxy) is 2. The van der Waals surface area contributed by atoms with Crippen LogP contribution < -0.4 is 4.74 Å². The third-order valence-electron chi connectivity index (χ3n) is 6.67. The van der Waals surface area contributed by atoms with Gasteiger partial charge in [-0.25, -0.2) is 9.37 Å². The molecule has 8 heteroatoms. The second kappa shape index (κ2) is 11.5. The third kappa shape index (κ3) is 5.97. The van der Waals surface area contributed by atoms with Gasteiger partial charge in [0, 0.05) is 26.5 Å². The molecule has 1 aliphatic rings. The summed E-state index contributed by atoms with van der Waals surface area (Å²) in [6, 6.07) is 12.3. The lowest BCUT2D eigenvalue weighted by molar-refractivity contribution is -0.121. The Hall–Kier alpha value is -3.78. The number of amides is 1. The van der Waals surface area contributed by atoms with E-state index in [2.05, 4.69) is 14.9 Å². The van der Waals surface area contributed by atoms with Crippen molar-refractivity contribution < 1.29 is 18.7 Å². The fourth-order valence-electron chi connectivity index (χ4n) is 4.68. The second-order valence-corrected chi connectivity index (χ2v) is 9.36. The van der Waals surface area contributed by atoms with E-state index in [1.165, 1.54) is 12.1 Å². The maximum atomic E-state index is 13.7. The Morgan fingerprint density at radius 3 is 2.57 bits per heavy atom. The number of hydrogen-bond donors (Lipinski definition) is 0. The van der Waals surface area contributed by atoms with E-state index in [-0.39, 0.29) is 18.1 Å². The molecule has 0 aliphatic carbocycles. The van der Waals surface area contributed by atoms with Gasteiger partial charge < -0.3 is 18.9 Å². The van der Waals surface area contributed by atoms with Crippen LogP contribution in [0.5, 0.6) is 5.75 Å². The highest BCUT2D eigenvalue weighted by molar-refractivity contribution is 6.05. The van der Waals surface area contributed by atoms with Crippen molar-refractivity contribution in [1.82, 2.24) is 14.5 Å². The maximum absolute atomic E-state index is 13.7. The zero-order chi connectivity index (χ0) is 26.4. The van der Waals surface area contributed by atoms with Crippen LogP contribution in [0.15, 0.2) is 66.1 Å². The van der Waals surface area contributed by atoms with E-state index in [1.54, 1.807) is 32.7 Å². The molecule has 7 nitrogen and oxygen atoms in total. The quantitative estimate of drug-likeness (QED) is 0.350. The van der Waals surface area contributed by atoms with Gasteiger partial charge in [0.15, 0.2) is 0 Å². The minimum atomic E-state index is -0.653. The largest absolute Gasteiger partial charge is 0.495 e. The molecule has 1 unspecified atom stereocenters. The molecule has 194 valence electrons. The molecular formula is C29H33FN4O3. The maximum Gasteiger partial charge on any atom is 0.250 e. The summed E-state index contributed by atoms with van der Waals surface area (Å²) < 4.78 is 26.5. The summed E-state index contributed by atoms with van der Waals surface area (Å²) in [6.07, 6.45) is 9.44. The number of nitrogens with zero attached hydrogens (tertiary/aromatic N) is 4. The zero-order valence-electron chi connectivity index (χ0n) is 21.8. The number of unbranched alkanes of at least 4 members (excludes halogenated alkanes) is 1. The van der Waals surface area contributed by atoms with Gasteiger partial charge in [0.25, 0.3) is 0 Å². The van der Waals surface area contributed by atoms with Gasteiger partial charge >= 0.3 is 0 Å². The first-order chi connectivity index (χ1) is 17.8. The molecule has 3 aromatic rings. The van der Waals surface area contributed by atoms with Crippen LogP contribution in [0.4, 0.5) is 4.39 Å². The predicted octanol–water partition coefficient (Wildman–Crippen LogP) is 5.31. The highest BCUT2D eigenvalue weighted by atomic mass is 19.1. The molecule has 2 heterocycles. The van der Waals surface area contributed by atoms with Crippen LogP contribution in [-0.2, 0) is 15.1 Å². The van der Waals surface area contributed by atoms with E-state index in [1.807, 2.05) is 55.0 Å². The van der Waals surface area contributed by atoms with E-state index in [9.17, 15) is 9.18 Å². The van der Waals surface area contributed by atoms with Crippen molar-refractivity contribution in [2.24, 2.45) is 4.99 Å². The Labute approximate surface area is 217 Å². The van der Waals surface area contributed by atoms with Crippen LogP contribution in [-0.4, -0.2) is 53.6 Å². The molecule has 4 rings (SSSR count). The van der Waals surface area contributed by atoms with E-state index < -0.39 is 5.54 Å². The van der Waals surface area contributed by atoms with Gasteiger partial charge in [-0.2, -0.15) is 4.99 Å². The van der Waals surface area contributed by atoms with Gasteiger partial charge in [-0.1, -0.05) is 24.3 Å². The number of carbonyl (C=O) groups excluding carboxylic acids is 1. The van der Waals surface area contributed by atoms with Crippen molar-refractivity contribution in [3.8, 4) is 11.4 Å². The number of rotatable bonds is 10. The minimum Gasteiger partial charge on any atom is -0.495 e. The standard InChI is InChI=1S/C29H33FN4O3/c1-21-19-33(20-31-21)25-13-7-22(17-26(25)37-4)8-14-27-32-28(35)18-29(2,23-9-11-24(30)12-10-23)34(27)15-5-6-16-36-3/h7-14,17,19-20H,5-6,15-16,18H2,1-4H3/b14-8+. The lowest BCUT2D eigenvalue weighted by atomic mass is 9.84. The summed E-state index contributed by atoms with van der Waals surface area (Å²) in [5, 5.41) is 0. The first-order valence-electron chi connectivity index (χ1n) is 12.4. The number of aliphatic imine (C=N–C) groups is 1. The van der Waals surface area contributed by atoms with E-state index in [0.717, 1.165) is 35.3 Å². The minimum absolute atomic E-state index is 0.206. The number of imidazole rings is 1. The molecule has 1 aromatic heterocycles. The normalized spacial score (nSPS) is 17.9. The number of benzene rings is 2. The molecule has 0 saturated carbocycles. The van der Waals surface area contributed by atoms with Gasteiger partial charge in [-0.3, -0.25) is 4.79 Å². The van der Waals surface area contributed by atoms with E-state index in [4.69, 9.17) is 9.47 Å². The number of methoxy groups -OCH3 is 2. The van der Waals surface area contributed by atoms with Gasteiger partial charge in [-0.15, -0.1) is 0 Å². The zero-order valence-corrected chi connectivity index (χ0v) is 21.8. The molecule has 0 saturated heterocycles. The molecule has 0 radical (unpaired) electrons. The summed E-state index contributed by atoms with van der Waals surface area (Å²) in [5.41, 5.74) is 2.92. The van der Waals surface area contributed by atoms with E-state index in [0.29, 0.717) is 24.7 Å². The number of carbonyl (C=O) groups is 1. The van der Waals surface area contributed by atoms with Crippen LogP contribution in [0.2, 0.25) is 0 Å². The Morgan fingerprint density at radius 1 is 1.11 bits per heavy atom. The van der Waals surface area contributed by atoms with Crippen LogP contribution in [0.3, 0.4) is 0 Å². The summed E-state index contributed by atoms with van der Waals surface area (Å²) in [7, 11) is 3.32. The summed E-state index contributed by atoms with van der Waals surface area (Å²) >= 11 is 0. The topological polar surface area (TPSA) is 68.9 Å². The first-order valence-corrected chi connectivity index (χ1v) is 12.4. The Balaban J connectivity index is 1.65. The highest BCUT2D eigenvalue weighted by Crippen LogP contribution is 2.36. The summed E-state index contributed by atoms with van der Waals surface area (Å²) in [6.45, 7) is 5.29. The third-order valence-corrected chi connectivity index (χ3v) is 6.67. The van der Waals surface area contributed by atoms with Crippen molar-refractivity contribution in [3.05, 3.63) is 83.7 Å². The van der Waals surface area contributed by atoms with Crippen LogP contribution in [0, 0.1) is 12.7 Å². The van der Waals surface area contributed by atoms with Gasteiger partial charge in [0.05, 0.1) is 36.8 Å². The molecule has 1 aliphatic heterocycles. The second-order valence-electron chi connectivity index (χ2n) is 9.36. The summed E-state index contributed by atoms with van der Waals surface area (Å²) in [4.78, 5) is 23.6. The monoisotopic (exact) mass is 504 g/mol. The van der Waals surface area contributed by atoms with Gasteiger partial charge in [0.1, 0.15) is 17.4 Å². The first kappa shape index (κ1) is 26.3. The highest BCUT2D eigenvalue weighted by Gasteiger charge is 2.40. The average molecular weight is 505 g/mol. The predicted molar refractivity (Wildman–Crippen MR) is 143 cm³/mol. The Morgan fingerprint density at radius 2 is 1.89 bits per heavy atom. The molecule has 0 spiro atoms. The van der Waals surface area contributed by atoms with Crippen molar-refractivity contribution in [3.63, 3.8) is 0 Å². The smallest absolute Gasteiger partial charge is 0.250 e. The molecular weight excluding hydrogens is 471 g/mol. The lowest BCUT2D eigenvalue weighted by Crippen LogP contribution is -2.51.